The first-order valence-corrected chi connectivity index (χ1v) is 12.1. The third-order valence-electron chi connectivity index (χ3n) is 5.62. The summed E-state index contributed by atoms with van der Waals surface area (Å²) in [7, 11) is 0. The summed E-state index contributed by atoms with van der Waals surface area (Å²) >= 11 is 3.10. The molecule has 30 heavy (non-hydrogen) atoms. The largest absolute Gasteiger partial charge is 0.351 e. The average molecular weight is 439 g/mol. The van der Waals surface area contributed by atoms with Crippen LogP contribution in [0.1, 0.15) is 35.1 Å². The number of fused-ring (bicyclic) bond motifs is 3. The van der Waals surface area contributed by atoms with Gasteiger partial charge in [0.05, 0.1) is 0 Å². The van der Waals surface area contributed by atoms with Crippen molar-refractivity contribution in [3.8, 4) is 10.6 Å². The van der Waals surface area contributed by atoms with Crippen molar-refractivity contribution < 1.29 is 4.79 Å². The zero-order chi connectivity index (χ0) is 20.7. The number of anilines is 2. The Morgan fingerprint density at radius 2 is 2.20 bits per heavy atom. The predicted octanol–water partition coefficient (Wildman–Crippen LogP) is 3.91. The number of benzene rings is 1. The second kappa shape index (κ2) is 7.96. The molecule has 2 aliphatic rings. The first kappa shape index (κ1) is 19.4. The van der Waals surface area contributed by atoms with Crippen molar-refractivity contribution in [3.05, 3.63) is 41.0 Å². The number of nitrogens with zero attached hydrogens (tertiary/aromatic N) is 6. The summed E-state index contributed by atoms with van der Waals surface area (Å²) in [4.78, 5) is 26.8. The maximum Gasteiger partial charge on any atom is 0.263 e. The predicted molar refractivity (Wildman–Crippen MR) is 121 cm³/mol. The van der Waals surface area contributed by atoms with E-state index in [0.717, 1.165) is 52.9 Å². The lowest BCUT2D eigenvalue weighted by atomic mass is 10.1. The topological polar surface area (TPSA) is 75.1 Å². The van der Waals surface area contributed by atoms with Gasteiger partial charge in [0.2, 0.25) is 0 Å². The average Bonchev–Trinajstić information content (AvgIpc) is 3.44. The number of aromatic nitrogens is 4. The Hall–Kier alpha value is -2.52. The standard InChI is InChI=1S/C21H22N6OS2/c1-3-17-24-25-19(30-17)13-6-4-7-14(10-13)27-12-15-8-5-9-26(15)18-16(20(27)28)11-22-21(23-18)29-2/h4,6-7,10-11,15H,3,5,8-9,12H2,1-2H3. The third kappa shape index (κ3) is 3.35. The van der Waals surface area contributed by atoms with Gasteiger partial charge in [-0.3, -0.25) is 4.79 Å². The fraction of sp³-hybridized carbons (Fsp3) is 0.381. The molecular formula is C21H22N6OS2. The van der Waals surface area contributed by atoms with E-state index in [9.17, 15) is 4.79 Å². The number of carbonyl (C=O) groups is 1. The van der Waals surface area contributed by atoms with Crippen molar-refractivity contribution in [2.24, 2.45) is 0 Å². The number of carbonyl (C=O) groups excluding carboxylic acids is 1. The van der Waals surface area contributed by atoms with Gasteiger partial charge >= 0.3 is 0 Å². The monoisotopic (exact) mass is 438 g/mol. The molecule has 4 heterocycles. The van der Waals surface area contributed by atoms with Gasteiger partial charge in [-0.25, -0.2) is 9.97 Å². The SMILES string of the molecule is CCc1nnc(-c2cccc(N3CC4CCCN4c4nc(SC)ncc4C3=O)c2)s1. The van der Waals surface area contributed by atoms with E-state index in [4.69, 9.17) is 4.98 Å². The lowest BCUT2D eigenvalue weighted by Gasteiger charge is -2.27. The van der Waals surface area contributed by atoms with Crippen LogP contribution in [0.3, 0.4) is 0 Å². The Balaban J connectivity index is 1.56. The van der Waals surface area contributed by atoms with Crippen molar-refractivity contribution in [2.75, 3.05) is 29.1 Å². The zero-order valence-corrected chi connectivity index (χ0v) is 18.5. The lowest BCUT2D eigenvalue weighted by molar-refractivity contribution is 0.0988. The van der Waals surface area contributed by atoms with Crippen LogP contribution in [0.25, 0.3) is 10.6 Å². The first-order valence-electron chi connectivity index (χ1n) is 10.1. The van der Waals surface area contributed by atoms with Gasteiger partial charge in [-0.1, -0.05) is 42.2 Å². The van der Waals surface area contributed by atoms with Crippen molar-refractivity contribution in [1.82, 2.24) is 20.2 Å². The summed E-state index contributed by atoms with van der Waals surface area (Å²) in [6, 6.07) is 8.30. The Bertz CT molecular complexity index is 1100. The highest BCUT2D eigenvalue weighted by molar-refractivity contribution is 7.98. The summed E-state index contributed by atoms with van der Waals surface area (Å²) in [5.74, 6) is 0.730. The molecule has 2 aliphatic heterocycles. The second-order valence-corrected chi connectivity index (χ2v) is 9.24. The van der Waals surface area contributed by atoms with Gasteiger partial charge in [0.25, 0.3) is 5.91 Å². The molecule has 1 aromatic carbocycles. The molecule has 1 atom stereocenters. The van der Waals surface area contributed by atoms with Gasteiger partial charge in [-0.05, 0) is 37.7 Å². The fourth-order valence-corrected chi connectivity index (χ4v) is 5.22. The van der Waals surface area contributed by atoms with Gasteiger partial charge in [0.1, 0.15) is 21.4 Å². The van der Waals surface area contributed by atoms with Crippen LogP contribution in [0.5, 0.6) is 0 Å². The van der Waals surface area contributed by atoms with E-state index < -0.39 is 0 Å². The molecule has 5 rings (SSSR count). The van der Waals surface area contributed by atoms with E-state index in [1.807, 2.05) is 35.4 Å². The summed E-state index contributed by atoms with van der Waals surface area (Å²) in [6.45, 7) is 3.64. The van der Waals surface area contributed by atoms with Gasteiger partial charge in [-0.2, -0.15) is 0 Å². The second-order valence-electron chi connectivity index (χ2n) is 7.40. The van der Waals surface area contributed by atoms with E-state index in [2.05, 4.69) is 27.0 Å². The van der Waals surface area contributed by atoms with Crippen LogP contribution in [-0.2, 0) is 6.42 Å². The molecular weight excluding hydrogens is 416 g/mol. The minimum Gasteiger partial charge on any atom is -0.351 e. The summed E-state index contributed by atoms with van der Waals surface area (Å²) in [6.07, 6.45) is 6.67. The molecule has 1 amide bonds. The van der Waals surface area contributed by atoms with Gasteiger partial charge in [-0.15, -0.1) is 10.2 Å². The molecule has 0 spiro atoms. The smallest absolute Gasteiger partial charge is 0.263 e. The van der Waals surface area contributed by atoms with Crippen molar-refractivity contribution in [1.29, 1.82) is 0 Å². The van der Waals surface area contributed by atoms with Gasteiger partial charge in [0.15, 0.2) is 5.16 Å². The molecule has 9 heteroatoms. The van der Waals surface area contributed by atoms with Crippen molar-refractivity contribution in [2.45, 2.75) is 37.4 Å². The number of amides is 1. The van der Waals surface area contributed by atoms with E-state index >= 15 is 0 Å². The number of hydrogen-bond donors (Lipinski definition) is 0. The molecule has 1 fully saturated rings. The molecule has 0 aliphatic carbocycles. The summed E-state index contributed by atoms with van der Waals surface area (Å²) in [5, 5.41) is 11.2. The highest BCUT2D eigenvalue weighted by Crippen LogP contribution is 2.35. The van der Waals surface area contributed by atoms with Gasteiger partial charge < -0.3 is 9.80 Å². The van der Waals surface area contributed by atoms with Gasteiger partial charge in [0, 0.05) is 36.6 Å². The number of thioether (sulfide) groups is 1. The maximum absolute atomic E-state index is 13.6. The molecule has 1 unspecified atom stereocenters. The number of hydrogen-bond acceptors (Lipinski definition) is 8. The van der Waals surface area contributed by atoms with Crippen LogP contribution in [0.2, 0.25) is 0 Å². The summed E-state index contributed by atoms with van der Waals surface area (Å²) < 4.78 is 0. The quantitative estimate of drug-likeness (QED) is 0.452. The van der Waals surface area contributed by atoms with Crippen LogP contribution < -0.4 is 9.80 Å². The Labute approximate surface area is 183 Å². The fourth-order valence-electron chi connectivity index (χ4n) is 4.11. The molecule has 0 radical (unpaired) electrons. The lowest BCUT2D eigenvalue weighted by Crippen LogP contribution is -2.39. The molecule has 7 nitrogen and oxygen atoms in total. The third-order valence-corrected chi connectivity index (χ3v) is 7.30. The van der Waals surface area contributed by atoms with Crippen LogP contribution >= 0.6 is 23.1 Å². The minimum atomic E-state index is -0.0456. The van der Waals surface area contributed by atoms with Crippen molar-refractivity contribution >= 4 is 40.5 Å². The zero-order valence-electron chi connectivity index (χ0n) is 16.9. The van der Waals surface area contributed by atoms with E-state index in [0.29, 0.717) is 17.3 Å². The molecule has 3 aromatic rings. The van der Waals surface area contributed by atoms with Crippen LogP contribution in [0, 0.1) is 0 Å². The highest BCUT2D eigenvalue weighted by Gasteiger charge is 2.37. The van der Waals surface area contributed by atoms with E-state index in [1.54, 1.807) is 17.5 Å². The summed E-state index contributed by atoms with van der Waals surface area (Å²) in [5.41, 5.74) is 2.44. The minimum absolute atomic E-state index is 0.0456. The first-order chi connectivity index (χ1) is 14.7. The van der Waals surface area contributed by atoms with E-state index in [1.165, 1.54) is 11.8 Å². The molecule has 0 N–H and O–H groups in total. The Kier molecular flexibility index (Phi) is 5.16. The molecule has 0 saturated carbocycles. The number of rotatable bonds is 4. The normalized spacial score (nSPS) is 18.3. The molecule has 0 bridgehead atoms. The van der Waals surface area contributed by atoms with Crippen LogP contribution in [0.4, 0.5) is 11.5 Å². The van der Waals surface area contributed by atoms with Crippen LogP contribution in [0.15, 0.2) is 35.6 Å². The molecule has 2 aromatic heterocycles. The maximum atomic E-state index is 13.6. The number of aryl methyl sites for hydroxylation is 1. The molecule has 1 saturated heterocycles. The van der Waals surface area contributed by atoms with E-state index in [-0.39, 0.29) is 11.9 Å². The van der Waals surface area contributed by atoms with Crippen molar-refractivity contribution in [3.63, 3.8) is 0 Å². The Morgan fingerprint density at radius 1 is 1.30 bits per heavy atom. The highest BCUT2D eigenvalue weighted by atomic mass is 32.2. The van der Waals surface area contributed by atoms with Crippen LogP contribution in [-0.4, -0.2) is 51.5 Å². The Morgan fingerprint density at radius 3 is 3.00 bits per heavy atom. The molecule has 154 valence electrons.